The molecule has 1 aromatic carbocycles. The summed E-state index contributed by atoms with van der Waals surface area (Å²) < 4.78 is 26.3. The van der Waals surface area contributed by atoms with Gasteiger partial charge in [-0.25, -0.2) is 0 Å². The van der Waals surface area contributed by atoms with Gasteiger partial charge in [-0.3, -0.25) is 4.68 Å². The molecule has 1 atom stereocenters. The number of hydrogen-bond donors (Lipinski definition) is 1. The molecular formula is C15H19F2N3S. The molecule has 21 heavy (non-hydrogen) atoms. The molecule has 0 fully saturated rings. The molecule has 1 N–H and O–H groups in total. The zero-order chi connectivity index (χ0) is 15.2. The molecular weight excluding hydrogens is 292 g/mol. The van der Waals surface area contributed by atoms with Gasteiger partial charge in [-0.05, 0) is 43.1 Å². The van der Waals surface area contributed by atoms with Crippen LogP contribution in [-0.4, -0.2) is 22.1 Å². The molecule has 114 valence electrons. The maximum absolute atomic E-state index is 12.3. The zero-order valence-corrected chi connectivity index (χ0v) is 12.9. The van der Waals surface area contributed by atoms with Crippen molar-refractivity contribution in [2.75, 3.05) is 6.54 Å². The predicted octanol–water partition coefficient (Wildman–Crippen LogP) is 3.63. The number of benzene rings is 1. The Bertz CT molecular complexity index is 554. The second kappa shape index (κ2) is 7.56. The van der Waals surface area contributed by atoms with Gasteiger partial charge in [0.25, 0.3) is 5.76 Å². The summed E-state index contributed by atoms with van der Waals surface area (Å²) in [5.74, 6) is -2.37. The van der Waals surface area contributed by atoms with Crippen molar-refractivity contribution in [1.82, 2.24) is 15.1 Å². The van der Waals surface area contributed by atoms with Crippen LogP contribution in [0.25, 0.3) is 0 Å². The van der Waals surface area contributed by atoms with Gasteiger partial charge in [-0.1, -0.05) is 23.9 Å². The lowest BCUT2D eigenvalue weighted by atomic mass is 10.1. The van der Waals surface area contributed by atoms with Gasteiger partial charge in [0.05, 0.1) is 6.20 Å². The minimum atomic E-state index is -2.37. The molecule has 6 heteroatoms. The quantitative estimate of drug-likeness (QED) is 0.792. The fraction of sp³-hybridized carbons (Fsp3) is 0.400. The van der Waals surface area contributed by atoms with Crippen LogP contribution in [0.3, 0.4) is 0 Å². The van der Waals surface area contributed by atoms with Crippen LogP contribution in [-0.2, 0) is 13.5 Å². The van der Waals surface area contributed by atoms with Crippen molar-refractivity contribution in [1.29, 1.82) is 0 Å². The highest BCUT2D eigenvalue weighted by Gasteiger charge is 2.08. The molecule has 0 saturated heterocycles. The van der Waals surface area contributed by atoms with E-state index in [1.54, 1.807) is 16.8 Å². The second-order valence-corrected chi connectivity index (χ2v) is 5.96. The van der Waals surface area contributed by atoms with E-state index < -0.39 is 5.76 Å². The molecule has 0 radical (unpaired) electrons. The molecule has 0 unspecified atom stereocenters. The Hall–Kier alpha value is -1.40. The summed E-state index contributed by atoms with van der Waals surface area (Å²) in [7, 11) is 1.90. The standard InChI is InChI=1S/C15H19F2N3S/c1-11(18-8-7-12-9-19-20(2)10-12)13-3-5-14(6-4-13)21-15(16)17/h3-6,9-11,15,18H,7-8H2,1-2H3/t11-/m0/s1. The molecule has 0 saturated carbocycles. The average Bonchev–Trinajstić information content (AvgIpc) is 2.84. The zero-order valence-electron chi connectivity index (χ0n) is 12.1. The number of halogens is 2. The van der Waals surface area contributed by atoms with E-state index in [2.05, 4.69) is 17.3 Å². The van der Waals surface area contributed by atoms with Gasteiger partial charge in [0.15, 0.2) is 0 Å². The van der Waals surface area contributed by atoms with E-state index in [1.807, 2.05) is 31.6 Å². The van der Waals surface area contributed by atoms with Crippen LogP contribution in [0.4, 0.5) is 8.78 Å². The van der Waals surface area contributed by atoms with Crippen LogP contribution >= 0.6 is 11.8 Å². The van der Waals surface area contributed by atoms with Crippen LogP contribution < -0.4 is 5.32 Å². The minimum Gasteiger partial charge on any atom is -0.310 e. The lowest BCUT2D eigenvalue weighted by Gasteiger charge is -2.14. The maximum atomic E-state index is 12.3. The average molecular weight is 311 g/mol. The third-order valence-electron chi connectivity index (χ3n) is 3.23. The number of rotatable bonds is 7. The van der Waals surface area contributed by atoms with Gasteiger partial charge >= 0.3 is 0 Å². The van der Waals surface area contributed by atoms with Crippen molar-refractivity contribution in [3.8, 4) is 0 Å². The number of aromatic nitrogens is 2. The van der Waals surface area contributed by atoms with E-state index in [0.717, 1.165) is 18.5 Å². The fourth-order valence-electron chi connectivity index (χ4n) is 2.09. The number of aryl methyl sites for hydroxylation is 1. The largest absolute Gasteiger partial charge is 0.310 e. The lowest BCUT2D eigenvalue weighted by Crippen LogP contribution is -2.21. The van der Waals surface area contributed by atoms with E-state index in [4.69, 9.17) is 0 Å². The number of hydrogen-bond acceptors (Lipinski definition) is 3. The van der Waals surface area contributed by atoms with Gasteiger partial charge in [0, 0.05) is 24.2 Å². The summed E-state index contributed by atoms with van der Waals surface area (Å²) in [6.45, 7) is 2.92. The SMILES string of the molecule is C[C@H](NCCc1cnn(C)c1)c1ccc(SC(F)F)cc1. The Labute approximate surface area is 127 Å². The van der Waals surface area contributed by atoms with E-state index in [0.29, 0.717) is 16.7 Å². The van der Waals surface area contributed by atoms with Gasteiger partial charge in [0.2, 0.25) is 0 Å². The molecule has 0 aliphatic heterocycles. The maximum Gasteiger partial charge on any atom is 0.288 e. The molecule has 2 rings (SSSR count). The van der Waals surface area contributed by atoms with Gasteiger partial charge in [0.1, 0.15) is 0 Å². The van der Waals surface area contributed by atoms with Crippen molar-refractivity contribution in [3.05, 3.63) is 47.8 Å². The van der Waals surface area contributed by atoms with Crippen molar-refractivity contribution in [3.63, 3.8) is 0 Å². The summed E-state index contributed by atoms with van der Waals surface area (Å²) in [6, 6.07) is 7.46. The summed E-state index contributed by atoms with van der Waals surface area (Å²) in [6.07, 6.45) is 4.78. The lowest BCUT2D eigenvalue weighted by molar-refractivity contribution is 0.252. The van der Waals surface area contributed by atoms with E-state index >= 15 is 0 Å². The molecule has 1 heterocycles. The predicted molar refractivity (Wildman–Crippen MR) is 81.6 cm³/mol. The molecule has 3 nitrogen and oxygen atoms in total. The monoisotopic (exact) mass is 311 g/mol. The smallest absolute Gasteiger partial charge is 0.288 e. The van der Waals surface area contributed by atoms with Gasteiger partial charge in [-0.15, -0.1) is 0 Å². The van der Waals surface area contributed by atoms with Crippen LogP contribution in [0.5, 0.6) is 0 Å². The molecule has 0 spiro atoms. The van der Waals surface area contributed by atoms with Crippen molar-refractivity contribution < 1.29 is 8.78 Å². The molecule has 2 aromatic rings. The summed E-state index contributed by atoms with van der Waals surface area (Å²) in [4.78, 5) is 0.594. The molecule has 0 bridgehead atoms. The van der Waals surface area contributed by atoms with Gasteiger partial charge in [-0.2, -0.15) is 13.9 Å². The molecule has 1 aromatic heterocycles. The Morgan fingerprint density at radius 1 is 1.29 bits per heavy atom. The van der Waals surface area contributed by atoms with Gasteiger partial charge < -0.3 is 5.32 Å². The number of alkyl halides is 2. The van der Waals surface area contributed by atoms with E-state index in [-0.39, 0.29) is 6.04 Å². The number of thioether (sulfide) groups is 1. The third kappa shape index (κ3) is 5.13. The highest BCUT2D eigenvalue weighted by atomic mass is 32.2. The third-order valence-corrected chi connectivity index (χ3v) is 3.95. The van der Waals surface area contributed by atoms with Crippen LogP contribution in [0.15, 0.2) is 41.6 Å². The van der Waals surface area contributed by atoms with E-state index in [9.17, 15) is 8.78 Å². The molecule has 0 aliphatic carbocycles. The first kappa shape index (κ1) is 16.0. The Morgan fingerprint density at radius 3 is 2.57 bits per heavy atom. The Balaban J connectivity index is 1.81. The first-order valence-electron chi connectivity index (χ1n) is 6.80. The van der Waals surface area contributed by atoms with Crippen LogP contribution in [0, 0.1) is 0 Å². The van der Waals surface area contributed by atoms with Crippen molar-refractivity contribution in [2.45, 2.75) is 30.0 Å². The molecule has 0 amide bonds. The first-order chi connectivity index (χ1) is 10.0. The van der Waals surface area contributed by atoms with E-state index in [1.165, 1.54) is 5.56 Å². The highest BCUT2D eigenvalue weighted by molar-refractivity contribution is 7.99. The van der Waals surface area contributed by atoms with Crippen molar-refractivity contribution >= 4 is 11.8 Å². The van der Waals surface area contributed by atoms with Crippen molar-refractivity contribution in [2.24, 2.45) is 7.05 Å². The normalized spacial score (nSPS) is 12.8. The Kier molecular flexibility index (Phi) is 5.76. The summed E-state index contributed by atoms with van der Waals surface area (Å²) >= 11 is 0.573. The Morgan fingerprint density at radius 2 is 2.00 bits per heavy atom. The number of nitrogens with one attached hydrogen (secondary N) is 1. The van der Waals surface area contributed by atoms with Crippen LogP contribution in [0.1, 0.15) is 24.1 Å². The second-order valence-electron chi connectivity index (χ2n) is 4.90. The first-order valence-corrected chi connectivity index (χ1v) is 7.68. The molecule has 0 aliphatic rings. The fourth-order valence-corrected chi connectivity index (χ4v) is 2.59. The highest BCUT2D eigenvalue weighted by Crippen LogP contribution is 2.26. The summed E-state index contributed by atoms with van der Waals surface area (Å²) in [5, 5.41) is 7.56. The summed E-state index contributed by atoms with van der Waals surface area (Å²) in [5.41, 5.74) is 2.29. The minimum absolute atomic E-state index is 0.187. The number of nitrogens with zero attached hydrogens (tertiary/aromatic N) is 2. The topological polar surface area (TPSA) is 29.9 Å². The van der Waals surface area contributed by atoms with Crippen LogP contribution in [0.2, 0.25) is 0 Å².